The minimum atomic E-state index is -0.370. The highest BCUT2D eigenvalue weighted by atomic mass is 32.2. The van der Waals surface area contributed by atoms with Crippen LogP contribution < -0.4 is 10.0 Å². The quantitative estimate of drug-likeness (QED) is 0.370. The van der Waals surface area contributed by atoms with Gasteiger partial charge in [0.25, 0.3) is 5.91 Å². The van der Waals surface area contributed by atoms with Crippen LogP contribution in [-0.2, 0) is 4.74 Å². The normalized spacial score (nSPS) is 9.95. The fourth-order valence-electron chi connectivity index (χ4n) is 1.56. The third-order valence-electron chi connectivity index (χ3n) is 2.57. The Morgan fingerprint density at radius 2 is 2.00 bits per heavy atom. The Labute approximate surface area is 130 Å². The van der Waals surface area contributed by atoms with Crippen molar-refractivity contribution in [2.75, 3.05) is 18.3 Å². The summed E-state index contributed by atoms with van der Waals surface area (Å²) in [6, 6.07) is 10.8. The zero-order valence-corrected chi connectivity index (χ0v) is 12.9. The summed E-state index contributed by atoms with van der Waals surface area (Å²) in [6.07, 6.45) is 0. The van der Waals surface area contributed by atoms with Crippen molar-refractivity contribution in [2.24, 2.45) is 0 Å². The summed E-state index contributed by atoms with van der Waals surface area (Å²) < 4.78 is 7.42. The van der Waals surface area contributed by atoms with Gasteiger partial charge in [-0.1, -0.05) is 18.2 Å². The van der Waals surface area contributed by atoms with E-state index in [1.165, 1.54) is 30.4 Å². The minimum absolute atomic E-state index is 0.152. The highest BCUT2D eigenvalue weighted by Crippen LogP contribution is 2.23. The van der Waals surface area contributed by atoms with Gasteiger partial charge in [0.1, 0.15) is 4.88 Å². The summed E-state index contributed by atoms with van der Waals surface area (Å²) in [5.41, 5.74) is 1.31. The second kappa shape index (κ2) is 7.70. The Bertz CT molecular complexity index is 614. The number of esters is 1. The van der Waals surface area contributed by atoms with Crippen LogP contribution >= 0.6 is 23.3 Å². The third kappa shape index (κ3) is 4.24. The first-order valence-corrected chi connectivity index (χ1v) is 7.95. The van der Waals surface area contributed by atoms with E-state index in [0.717, 1.165) is 0 Å². The van der Waals surface area contributed by atoms with Crippen molar-refractivity contribution >= 4 is 40.8 Å². The summed E-state index contributed by atoms with van der Waals surface area (Å²) in [5, 5.41) is 4.88. The van der Waals surface area contributed by atoms with Crippen LogP contribution in [0.15, 0.2) is 41.8 Å². The Kier molecular flexibility index (Phi) is 5.65. The number of carbonyl (C=O) groups is 2. The van der Waals surface area contributed by atoms with Crippen molar-refractivity contribution in [3.63, 3.8) is 0 Å². The average molecular weight is 322 g/mol. The monoisotopic (exact) mass is 322 g/mol. The maximum absolute atomic E-state index is 11.8. The van der Waals surface area contributed by atoms with Gasteiger partial charge in [-0.3, -0.25) is 9.52 Å². The first-order chi connectivity index (χ1) is 10.2. The van der Waals surface area contributed by atoms with Gasteiger partial charge < -0.3 is 10.1 Å². The summed E-state index contributed by atoms with van der Waals surface area (Å²) in [7, 11) is 1.35. The van der Waals surface area contributed by atoms with Crippen LogP contribution in [0.1, 0.15) is 20.0 Å². The lowest BCUT2D eigenvalue weighted by atomic mass is 10.2. The molecule has 2 aromatic rings. The summed E-state index contributed by atoms with van der Waals surface area (Å²) >= 11 is 2.53. The number of carbonyl (C=O) groups excluding carboxylic acids is 2. The second-order valence-corrected chi connectivity index (χ2v) is 5.62. The molecular weight excluding hydrogens is 308 g/mol. The SMILES string of the molecule is COC(=O)c1sccc1NCSNC(=O)c1ccccc1. The minimum Gasteiger partial charge on any atom is -0.465 e. The van der Waals surface area contributed by atoms with Gasteiger partial charge in [0.05, 0.1) is 18.7 Å². The zero-order valence-electron chi connectivity index (χ0n) is 11.3. The van der Waals surface area contributed by atoms with E-state index >= 15 is 0 Å². The first kappa shape index (κ1) is 15.4. The molecule has 0 aliphatic carbocycles. The van der Waals surface area contributed by atoms with E-state index in [2.05, 4.69) is 10.0 Å². The number of nitrogens with one attached hydrogen (secondary N) is 2. The van der Waals surface area contributed by atoms with Gasteiger partial charge in [0, 0.05) is 5.56 Å². The van der Waals surface area contributed by atoms with Gasteiger partial charge in [-0.25, -0.2) is 4.79 Å². The highest BCUT2D eigenvalue weighted by molar-refractivity contribution is 7.98. The second-order valence-electron chi connectivity index (χ2n) is 3.92. The van der Waals surface area contributed by atoms with Crippen LogP contribution in [0, 0.1) is 0 Å². The standard InChI is InChI=1S/C14H14N2O3S2/c1-19-14(18)12-11(7-8-20-12)15-9-21-16-13(17)10-5-3-2-4-6-10/h2-8,15H,9H2,1H3,(H,16,17). The number of ether oxygens (including phenoxy) is 1. The van der Waals surface area contributed by atoms with Crippen molar-refractivity contribution < 1.29 is 14.3 Å². The molecule has 0 aliphatic rings. The maximum atomic E-state index is 11.8. The maximum Gasteiger partial charge on any atom is 0.350 e. The molecule has 5 nitrogen and oxygen atoms in total. The Morgan fingerprint density at radius 1 is 1.24 bits per heavy atom. The summed E-state index contributed by atoms with van der Waals surface area (Å²) in [4.78, 5) is 23.8. The molecule has 0 aliphatic heterocycles. The van der Waals surface area contributed by atoms with Crippen molar-refractivity contribution in [2.45, 2.75) is 0 Å². The molecule has 0 unspecified atom stereocenters. The molecule has 1 aromatic heterocycles. The van der Waals surface area contributed by atoms with Crippen molar-refractivity contribution in [3.05, 3.63) is 52.2 Å². The Morgan fingerprint density at radius 3 is 2.71 bits per heavy atom. The largest absolute Gasteiger partial charge is 0.465 e. The lowest BCUT2D eigenvalue weighted by molar-refractivity contribution is 0.0607. The van der Waals surface area contributed by atoms with Gasteiger partial charge in [-0.2, -0.15) is 0 Å². The molecule has 2 rings (SSSR count). The molecule has 2 N–H and O–H groups in total. The van der Waals surface area contributed by atoms with E-state index in [1.54, 1.807) is 18.2 Å². The molecule has 0 fully saturated rings. The molecule has 0 saturated heterocycles. The molecule has 0 radical (unpaired) electrons. The van der Waals surface area contributed by atoms with E-state index in [0.29, 0.717) is 22.0 Å². The fourth-order valence-corrected chi connectivity index (χ4v) is 2.90. The lowest BCUT2D eigenvalue weighted by Gasteiger charge is -2.07. The molecule has 0 saturated carbocycles. The van der Waals surface area contributed by atoms with Crippen LogP contribution in [0.5, 0.6) is 0 Å². The summed E-state index contributed by atoms with van der Waals surface area (Å²) in [6.45, 7) is 0. The molecule has 1 aromatic carbocycles. The molecule has 0 spiro atoms. The van der Waals surface area contributed by atoms with Crippen molar-refractivity contribution in [1.29, 1.82) is 0 Å². The Hall–Kier alpha value is -1.99. The van der Waals surface area contributed by atoms with Crippen molar-refractivity contribution in [3.8, 4) is 0 Å². The fraction of sp³-hybridized carbons (Fsp3) is 0.143. The molecule has 1 amide bonds. The third-order valence-corrected chi connectivity index (χ3v) is 4.08. The number of amides is 1. The van der Waals surface area contributed by atoms with Crippen LogP contribution in [0.4, 0.5) is 5.69 Å². The molecule has 7 heteroatoms. The number of thiophene rings is 1. The topological polar surface area (TPSA) is 67.4 Å². The molecular formula is C14H14N2O3S2. The van der Waals surface area contributed by atoms with E-state index in [9.17, 15) is 9.59 Å². The van der Waals surface area contributed by atoms with Crippen LogP contribution in [-0.4, -0.2) is 24.9 Å². The molecule has 0 bridgehead atoms. The molecule has 110 valence electrons. The first-order valence-electron chi connectivity index (χ1n) is 6.09. The van der Waals surface area contributed by atoms with E-state index < -0.39 is 0 Å². The number of methoxy groups -OCH3 is 1. The summed E-state index contributed by atoms with van der Waals surface area (Å²) in [5.74, 6) is -0.0778. The lowest BCUT2D eigenvalue weighted by Crippen LogP contribution is -2.18. The van der Waals surface area contributed by atoms with E-state index in [1.807, 2.05) is 23.6 Å². The highest BCUT2D eigenvalue weighted by Gasteiger charge is 2.13. The molecule has 21 heavy (non-hydrogen) atoms. The molecule has 1 heterocycles. The number of benzene rings is 1. The van der Waals surface area contributed by atoms with Crippen LogP contribution in [0.25, 0.3) is 0 Å². The predicted molar refractivity (Wildman–Crippen MR) is 85.6 cm³/mol. The number of anilines is 1. The molecule has 0 atom stereocenters. The number of rotatable bonds is 6. The number of hydrogen-bond donors (Lipinski definition) is 2. The van der Waals surface area contributed by atoms with Gasteiger partial charge in [-0.15, -0.1) is 11.3 Å². The van der Waals surface area contributed by atoms with Gasteiger partial charge in [0.2, 0.25) is 0 Å². The average Bonchev–Trinajstić information content (AvgIpc) is 3.00. The van der Waals surface area contributed by atoms with E-state index in [4.69, 9.17) is 4.74 Å². The van der Waals surface area contributed by atoms with Crippen molar-refractivity contribution in [1.82, 2.24) is 4.72 Å². The van der Waals surface area contributed by atoms with Gasteiger partial charge in [0.15, 0.2) is 0 Å². The predicted octanol–water partition coefficient (Wildman–Crippen LogP) is 2.98. The number of hydrogen-bond acceptors (Lipinski definition) is 6. The van der Waals surface area contributed by atoms with E-state index in [-0.39, 0.29) is 11.9 Å². The van der Waals surface area contributed by atoms with Gasteiger partial charge in [-0.05, 0) is 35.5 Å². The zero-order chi connectivity index (χ0) is 15.1. The smallest absolute Gasteiger partial charge is 0.350 e. The van der Waals surface area contributed by atoms with Crippen LogP contribution in [0.2, 0.25) is 0 Å². The Balaban J connectivity index is 1.79. The van der Waals surface area contributed by atoms with Gasteiger partial charge >= 0.3 is 5.97 Å². The van der Waals surface area contributed by atoms with Crippen LogP contribution in [0.3, 0.4) is 0 Å².